The summed E-state index contributed by atoms with van der Waals surface area (Å²) < 4.78 is 0. The number of hydrogen-bond acceptors (Lipinski definition) is 0. The van der Waals surface area contributed by atoms with Crippen molar-refractivity contribution in [2.24, 2.45) is 0 Å². The molecule has 0 aromatic rings. The second-order valence-corrected chi connectivity index (χ2v) is 9.52. The van der Waals surface area contributed by atoms with E-state index < -0.39 is 15.2 Å². The molecule has 0 fully saturated rings. The van der Waals surface area contributed by atoms with Crippen LogP contribution >= 0.6 is 27.6 Å². The number of halogens is 4. The SMILES string of the molecule is O.O.O.[Cl-].[Cl][Au]([Cl])[Cl].[K+]. The average Bonchev–Trinajstić information content (AvgIpc) is 0.811. The Morgan fingerprint density at radius 3 is 0.778 bits per heavy atom. The van der Waals surface area contributed by atoms with Gasteiger partial charge in [-0.1, -0.05) is 0 Å². The van der Waals surface area contributed by atoms with Crippen molar-refractivity contribution in [3.05, 3.63) is 0 Å². The van der Waals surface area contributed by atoms with Crippen LogP contribution in [0.5, 0.6) is 0 Å². The van der Waals surface area contributed by atoms with Crippen molar-refractivity contribution >= 4 is 27.6 Å². The summed E-state index contributed by atoms with van der Waals surface area (Å²) in [7, 11) is 14.9. The van der Waals surface area contributed by atoms with Gasteiger partial charge in [-0.15, -0.1) is 0 Å². The van der Waals surface area contributed by atoms with Gasteiger partial charge in [0.25, 0.3) is 0 Å². The molecule has 0 amide bonds. The van der Waals surface area contributed by atoms with Gasteiger partial charge in [0.2, 0.25) is 0 Å². The monoisotopic (exact) mass is 430 g/mol. The van der Waals surface area contributed by atoms with Crippen LogP contribution in [0.2, 0.25) is 0 Å². The summed E-state index contributed by atoms with van der Waals surface area (Å²) >= 11 is -1.79. The van der Waals surface area contributed by atoms with E-state index in [1.54, 1.807) is 0 Å². The number of hydrogen-bond donors (Lipinski definition) is 0. The Kier molecular flexibility index (Phi) is 131. The van der Waals surface area contributed by atoms with Crippen molar-refractivity contribution in [1.82, 2.24) is 0 Å². The van der Waals surface area contributed by atoms with Crippen molar-refractivity contribution in [2.75, 3.05) is 0 Å². The standard InChI is InChI=1S/Au.4ClH.K.3H2O/h;4*1H;;3*1H2/q+3;;;;;+1;;;/p-4. The summed E-state index contributed by atoms with van der Waals surface area (Å²) in [5.41, 5.74) is 0. The molecule has 0 saturated carbocycles. The van der Waals surface area contributed by atoms with Gasteiger partial charge < -0.3 is 28.8 Å². The van der Waals surface area contributed by atoms with Gasteiger partial charge in [0.15, 0.2) is 0 Å². The molecule has 0 aromatic carbocycles. The van der Waals surface area contributed by atoms with E-state index in [2.05, 4.69) is 0 Å². The molecule has 0 radical (unpaired) electrons. The minimum atomic E-state index is -1.79. The van der Waals surface area contributed by atoms with E-state index in [4.69, 9.17) is 27.6 Å². The molecule has 9 heteroatoms. The van der Waals surface area contributed by atoms with Gasteiger partial charge >= 0.3 is 94.2 Å². The van der Waals surface area contributed by atoms with Gasteiger partial charge in [0.1, 0.15) is 0 Å². The smallest absolute Gasteiger partial charge is 1.00 e. The Labute approximate surface area is 120 Å². The maximum Gasteiger partial charge on any atom is 1.00 e. The van der Waals surface area contributed by atoms with Gasteiger partial charge in [-0.3, -0.25) is 0 Å². The molecule has 0 aliphatic carbocycles. The molecule has 0 spiro atoms. The third-order valence-electron chi connectivity index (χ3n) is 0. The predicted octanol–water partition coefficient (Wildman–Crippen LogP) is -6.40. The van der Waals surface area contributed by atoms with E-state index in [1.807, 2.05) is 0 Å². The molecule has 9 heavy (non-hydrogen) atoms. The van der Waals surface area contributed by atoms with E-state index in [0.29, 0.717) is 0 Å². The van der Waals surface area contributed by atoms with Crippen molar-refractivity contribution in [3.8, 4) is 0 Å². The molecule has 0 unspecified atom stereocenters. The van der Waals surface area contributed by atoms with Gasteiger partial charge in [-0.05, 0) is 0 Å². The van der Waals surface area contributed by atoms with Crippen LogP contribution in [0.15, 0.2) is 0 Å². The van der Waals surface area contributed by atoms with E-state index >= 15 is 0 Å². The molecule has 0 heterocycles. The van der Waals surface area contributed by atoms with Crippen LogP contribution in [0, 0.1) is 0 Å². The minimum Gasteiger partial charge on any atom is 1.00 e. The summed E-state index contributed by atoms with van der Waals surface area (Å²) in [4.78, 5) is 0. The maximum atomic E-state index is 4.95. The minimum absolute atomic E-state index is 0. The van der Waals surface area contributed by atoms with E-state index in [9.17, 15) is 0 Å². The van der Waals surface area contributed by atoms with Crippen LogP contribution in [-0.4, -0.2) is 16.4 Å². The third-order valence-corrected chi connectivity index (χ3v) is 0. The first-order valence-corrected chi connectivity index (χ1v) is 8.40. The van der Waals surface area contributed by atoms with E-state index in [1.165, 1.54) is 0 Å². The third kappa shape index (κ3) is 86.7. The Bertz CT molecular complexity index is 20.5. The van der Waals surface area contributed by atoms with Crippen LogP contribution in [0.4, 0.5) is 0 Å². The Morgan fingerprint density at radius 1 is 0.778 bits per heavy atom. The first-order valence-electron chi connectivity index (χ1n) is 0.342. The fourth-order valence-electron chi connectivity index (χ4n) is 0. The van der Waals surface area contributed by atoms with Crippen molar-refractivity contribution in [3.63, 3.8) is 0 Å². The summed E-state index contributed by atoms with van der Waals surface area (Å²) in [5.74, 6) is 0. The fourth-order valence-corrected chi connectivity index (χ4v) is 0. The molecule has 6 N–H and O–H groups in total. The summed E-state index contributed by atoms with van der Waals surface area (Å²) in [6, 6.07) is 0. The molecule has 0 aliphatic rings. The molecular weight excluding hydrogens is 426 g/mol. The first-order chi connectivity index (χ1) is 1.73. The molecule has 0 atom stereocenters. The molecular formula is H6AuCl4KO3. The van der Waals surface area contributed by atoms with Gasteiger partial charge in [-0.2, -0.15) is 0 Å². The molecule has 3 nitrogen and oxygen atoms in total. The van der Waals surface area contributed by atoms with Crippen molar-refractivity contribution < 1.29 is 95.4 Å². The zero-order valence-corrected chi connectivity index (χ0v) is 12.6. The molecule has 0 bridgehead atoms. The molecule has 0 aromatic heterocycles. The topological polar surface area (TPSA) is 94.5 Å². The van der Waals surface area contributed by atoms with Crippen LogP contribution in [0.1, 0.15) is 0 Å². The fraction of sp³-hybridized carbons (Fsp3) is 0. The van der Waals surface area contributed by atoms with Gasteiger partial charge in [-0.25, -0.2) is 0 Å². The van der Waals surface area contributed by atoms with Crippen LogP contribution in [-0.2, 0) is 15.2 Å². The summed E-state index contributed by atoms with van der Waals surface area (Å²) in [5, 5.41) is 0. The van der Waals surface area contributed by atoms with Gasteiger partial charge in [0.05, 0.1) is 0 Å². The van der Waals surface area contributed by atoms with E-state index in [0.717, 1.165) is 0 Å². The Morgan fingerprint density at radius 2 is 0.778 bits per heavy atom. The quantitative estimate of drug-likeness (QED) is 0.341. The van der Waals surface area contributed by atoms with E-state index in [-0.39, 0.29) is 80.2 Å². The summed E-state index contributed by atoms with van der Waals surface area (Å²) in [6.07, 6.45) is 0. The molecule has 0 saturated heterocycles. The second kappa shape index (κ2) is 30.1. The van der Waals surface area contributed by atoms with Crippen molar-refractivity contribution in [1.29, 1.82) is 0 Å². The van der Waals surface area contributed by atoms with Crippen LogP contribution < -0.4 is 63.8 Å². The largest absolute Gasteiger partial charge is 1.00 e. The molecule has 0 rings (SSSR count). The molecule has 64 valence electrons. The maximum absolute atomic E-state index is 4.95. The predicted molar refractivity (Wildman–Crippen MR) is 28.4 cm³/mol. The Hall–Kier alpha value is 3.42. The summed E-state index contributed by atoms with van der Waals surface area (Å²) in [6.45, 7) is 0. The molecule has 0 aliphatic heterocycles. The normalized spacial score (nSPS) is 5.00. The second-order valence-electron chi connectivity index (χ2n) is 0.129. The van der Waals surface area contributed by atoms with Crippen LogP contribution in [0.3, 0.4) is 0 Å². The first kappa shape index (κ1) is 39.3. The average molecular weight is 432 g/mol. The van der Waals surface area contributed by atoms with Crippen molar-refractivity contribution in [2.45, 2.75) is 0 Å². The number of rotatable bonds is 0. The van der Waals surface area contributed by atoms with Gasteiger partial charge in [0, 0.05) is 0 Å². The van der Waals surface area contributed by atoms with Crippen LogP contribution in [0.25, 0.3) is 0 Å². The Balaban J connectivity index is -0.00000000450. The zero-order chi connectivity index (χ0) is 3.58. The zero-order valence-electron chi connectivity index (χ0n) is 4.31.